The zero-order chi connectivity index (χ0) is 27.7. The fourth-order valence-electron chi connectivity index (χ4n) is 3.67. The number of amides is 1. The lowest BCUT2D eigenvalue weighted by atomic mass is 9.91. The second kappa shape index (κ2) is 10.6. The number of pyridine rings is 2. The first-order chi connectivity index (χ1) is 17.8. The molecule has 3 aromatic rings. The Labute approximate surface area is 221 Å². The number of sulfonamides is 1. The highest BCUT2D eigenvalue weighted by Gasteiger charge is 2.47. The van der Waals surface area contributed by atoms with E-state index in [9.17, 15) is 26.4 Å². The highest BCUT2D eigenvalue weighted by atomic mass is 32.2. The van der Waals surface area contributed by atoms with Crippen LogP contribution >= 0.6 is 0 Å². The molecule has 1 fully saturated rings. The van der Waals surface area contributed by atoms with Gasteiger partial charge < -0.3 is 9.47 Å². The maximum Gasteiger partial charge on any atom is 0.281 e. The monoisotopic (exact) mass is 553 g/mol. The standard InChI is InChI=1S/C26H26F3N3O5S.2H2/c1-15(2)14-36-19-10-17(9-18(27)11-19)22-8-7-21(25(31-22)37-20-12-26(28,29)13-20)24(33)32-38(34,35)23-6-4-5-16(3)30-23;;/h4-11,15,20H,12-14H2,1-3H3,(H,32,33);2*1H. The molecule has 0 atom stereocenters. The average molecular weight is 554 g/mol. The van der Waals surface area contributed by atoms with E-state index >= 15 is 0 Å². The number of hydrogen-bond donors (Lipinski definition) is 1. The van der Waals surface area contributed by atoms with E-state index in [4.69, 9.17) is 9.47 Å². The second-order valence-corrected chi connectivity index (χ2v) is 11.1. The minimum absolute atomic E-state index is 0. The summed E-state index contributed by atoms with van der Waals surface area (Å²) in [6.45, 7) is 5.82. The molecule has 8 nitrogen and oxygen atoms in total. The number of hydrogen-bond acceptors (Lipinski definition) is 7. The lowest BCUT2D eigenvalue weighted by Gasteiger charge is -2.34. The van der Waals surface area contributed by atoms with Crippen LogP contribution in [0.3, 0.4) is 0 Å². The predicted molar refractivity (Wildman–Crippen MR) is 136 cm³/mol. The summed E-state index contributed by atoms with van der Waals surface area (Å²) < 4.78 is 79.7. The van der Waals surface area contributed by atoms with Crippen LogP contribution < -0.4 is 14.2 Å². The van der Waals surface area contributed by atoms with Gasteiger partial charge >= 0.3 is 0 Å². The van der Waals surface area contributed by atoms with E-state index < -0.39 is 46.6 Å². The smallest absolute Gasteiger partial charge is 0.281 e. The number of rotatable bonds is 9. The van der Waals surface area contributed by atoms with Crippen LogP contribution in [-0.4, -0.2) is 42.9 Å². The normalized spacial score (nSPS) is 15.1. The van der Waals surface area contributed by atoms with Crippen LogP contribution in [0.25, 0.3) is 11.3 Å². The topological polar surface area (TPSA) is 107 Å². The van der Waals surface area contributed by atoms with Gasteiger partial charge in [-0.2, -0.15) is 8.42 Å². The second-order valence-electron chi connectivity index (χ2n) is 9.49. The van der Waals surface area contributed by atoms with E-state index in [1.807, 2.05) is 18.6 Å². The maximum atomic E-state index is 14.3. The summed E-state index contributed by atoms with van der Waals surface area (Å²) in [5.41, 5.74) is 0.580. The Morgan fingerprint density at radius 3 is 2.55 bits per heavy atom. The Kier molecular flexibility index (Phi) is 7.63. The van der Waals surface area contributed by atoms with Crippen LogP contribution in [0.5, 0.6) is 11.6 Å². The van der Waals surface area contributed by atoms with Crippen molar-refractivity contribution in [1.29, 1.82) is 0 Å². The number of alkyl halides is 2. The molecular weight excluding hydrogens is 523 g/mol. The third-order valence-corrected chi connectivity index (χ3v) is 6.78. The fourth-order valence-corrected chi connectivity index (χ4v) is 4.65. The molecule has 0 saturated heterocycles. The zero-order valence-electron chi connectivity index (χ0n) is 20.9. The lowest BCUT2D eigenvalue weighted by molar-refractivity contribution is -0.135. The molecule has 38 heavy (non-hydrogen) atoms. The van der Waals surface area contributed by atoms with Crippen LogP contribution in [0.15, 0.2) is 53.6 Å². The van der Waals surface area contributed by atoms with Gasteiger partial charge in [0.1, 0.15) is 23.2 Å². The first kappa shape index (κ1) is 27.4. The zero-order valence-corrected chi connectivity index (χ0v) is 21.7. The molecule has 2 aromatic heterocycles. The van der Waals surface area contributed by atoms with Crippen LogP contribution in [0, 0.1) is 18.7 Å². The quantitative estimate of drug-likeness (QED) is 0.377. The third kappa shape index (κ3) is 6.60. The van der Waals surface area contributed by atoms with Gasteiger partial charge in [-0.3, -0.25) is 4.79 Å². The van der Waals surface area contributed by atoms with Gasteiger partial charge in [0.15, 0.2) is 5.03 Å². The van der Waals surface area contributed by atoms with E-state index in [1.54, 1.807) is 19.1 Å². The number of ether oxygens (including phenoxy) is 2. The predicted octanol–water partition coefficient (Wildman–Crippen LogP) is 5.41. The van der Waals surface area contributed by atoms with E-state index in [2.05, 4.69) is 9.97 Å². The molecule has 1 N–H and O–H groups in total. The Bertz CT molecular complexity index is 1470. The summed E-state index contributed by atoms with van der Waals surface area (Å²) in [5.74, 6) is -4.49. The first-order valence-electron chi connectivity index (χ1n) is 11.8. The molecule has 12 heteroatoms. The van der Waals surface area contributed by atoms with Crippen molar-refractivity contribution in [2.75, 3.05) is 6.61 Å². The number of aryl methyl sites for hydroxylation is 1. The van der Waals surface area contributed by atoms with E-state index in [1.165, 1.54) is 36.4 Å². The van der Waals surface area contributed by atoms with Crippen molar-refractivity contribution >= 4 is 15.9 Å². The summed E-state index contributed by atoms with van der Waals surface area (Å²) >= 11 is 0. The molecule has 4 rings (SSSR count). The van der Waals surface area contributed by atoms with E-state index in [-0.39, 0.29) is 42.2 Å². The summed E-state index contributed by atoms with van der Waals surface area (Å²) in [6.07, 6.45) is -2.11. The number of carbonyl (C=O) groups is 1. The average Bonchev–Trinajstić information content (AvgIpc) is 2.81. The molecular formula is C26H30F3N3O5S. The van der Waals surface area contributed by atoms with Gasteiger partial charge in [-0.25, -0.2) is 27.9 Å². The minimum Gasteiger partial charge on any atom is -0.493 e. The fraction of sp³-hybridized carbons (Fsp3) is 0.346. The Balaban J connectivity index is 0.00000280. The molecule has 1 amide bonds. The molecule has 1 aliphatic rings. The number of nitrogens with zero attached hydrogens (tertiary/aromatic N) is 2. The SMILES string of the molecule is Cc1cccc(S(=O)(=O)NC(=O)c2ccc(-c3cc(F)cc(OCC(C)C)c3)nc2OC2CC(F)(F)C2)n1.[HH].[HH]. The summed E-state index contributed by atoms with van der Waals surface area (Å²) in [7, 11) is -4.35. The van der Waals surface area contributed by atoms with Crippen molar-refractivity contribution < 1.29 is 38.7 Å². The van der Waals surface area contributed by atoms with Gasteiger partial charge in [0.2, 0.25) is 5.88 Å². The Hall–Kier alpha value is -3.67. The van der Waals surface area contributed by atoms with Gasteiger partial charge in [-0.1, -0.05) is 19.9 Å². The van der Waals surface area contributed by atoms with Crippen LogP contribution in [-0.2, 0) is 10.0 Å². The van der Waals surface area contributed by atoms with Crippen LogP contribution in [0.1, 0.15) is 45.6 Å². The number of aromatic nitrogens is 2. The van der Waals surface area contributed by atoms with Crippen molar-refractivity contribution in [3.63, 3.8) is 0 Å². The summed E-state index contributed by atoms with van der Waals surface area (Å²) in [4.78, 5) is 21.2. The first-order valence-corrected chi connectivity index (χ1v) is 13.3. The van der Waals surface area contributed by atoms with Crippen LogP contribution in [0.2, 0.25) is 0 Å². The van der Waals surface area contributed by atoms with Crippen molar-refractivity contribution in [2.24, 2.45) is 5.92 Å². The molecule has 0 unspecified atom stereocenters. The van der Waals surface area contributed by atoms with E-state index in [0.717, 1.165) is 0 Å². The van der Waals surface area contributed by atoms with Crippen molar-refractivity contribution in [3.8, 4) is 22.9 Å². The molecule has 0 bridgehead atoms. The highest BCUT2D eigenvalue weighted by molar-refractivity contribution is 7.90. The highest BCUT2D eigenvalue weighted by Crippen LogP contribution is 2.40. The van der Waals surface area contributed by atoms with Gasteiger partial charge in [-0.05, 0) is 49.2 Å². The van der Waals surface area contributed by atoms with Crippen LogP contribution in [0.4, 0.5) is 13.2 Å². The number of halogens is 3. The third-order valence-electron chi connectivity index (χ3n) is 5.55. The van der Waals surface area contributed by atoms with Gasteiger partial charge in [0.05, 0.1) is 12.3 Å². The van der Waals surface area contributed by atoms with Crippen molar-refractivity contribution in [2.45, 2.75) is 50.7 Å². The molecule has 1 aromatic carbocycles. The summed E-state index contributed by atoms with van der Waals surface area (Å²) in [6, 6.07) is 10.9. The Morgan fingerprint density at radius 1 is 1.16 bits per heavy atom. The van der Waals surface area contributed by atoms with Gasteiger partial charge in [0.25, 0.3) is 21.9 Å². The summed E-state index contributed by atoms with van der Waals surface area (Å²) in [5, 5.41) is -0.370. The molecule has 2 heterocycles. The molecule has 1 aliphatic carbocycles. The van der Waals surface area contributed by atoms with Crippen molar-refractivity contribution in [1.82, 2.24) is 14.7 Å². The number of benzene rings is 1. The Morgan fingerprint density at radius 2 is 1.89 bits per heavy atom. The van der Waals surface area contributed by atoms with Crippen molar-refractivity contribution in [3.05, 3.63) is 65.6 Å². The van der Waals surface area contributed by atoms with Gasteiger partial charge in [0, 0.05) is 33.0 Å². The number of nitrogens with one attached hydrogen (secondary N) is 1. The maximum absolute atomic E-state index is 14.3. The largest absolute Gasteiger partial charge is 0.493 e. The molecule has 0 aliphatic heterocycles. The molecule has 0 radical (unpaired) electrons. The number of carbonyl (C=O) groups excluding carboxylic acids is 1. The molecule has 1 saturated carbocycles. The molecule has 206 valence electrons. The lowest BCUT2D eigenvalue weighted by Crippen LogP contribution is -2.43. The minimum atomic E-state index is -4.35. The van der Waals surface area contributed by atoms with E-state index in [0.29, 0.717) is 12.3 Å². The molecule has 0 spiro atoms. The van der Waals surface area contributed by atoms with Gasteiger partial charge in [-0.15, -0.1) is 0 Å².